The van der Waals surface area contributed by atoms with Crippen molar-refractivity contribution < 1.29 is 103 Å². The molecule has 7 heterocycles. The minimum Gasteiger partial charge on any atom is -0.481 e. The monoisotopic (exact) mass is 1700 g/mol. The first-order valence-corrected chi connectivity index (χ1v) is 39.9. The second kappa shape index (κ2) is 43.0. The van der Waals surface area contributed by atoms with Gasteiger partial charge >= 0.3 is 41.8 Å². The summed E-state index contributed by atoms with van der Waals surface area (Å²) in [6, 6.07) is 37.9. The van der Waals surface area contributed by atoms with Crippen LogP contribution in [0.4, 0.5) is 0 Å². The van der Waals surface area contributed by atoms with Gasteiger partial charge in [-0.3, -0.25) is 57.5 Å². The van der Waals surface area contributed by atoms with E-state index in [1.807, 2.05) is 161 Å². The van der Waals surface area contributed by atoms with Gasteiger partial charge in [0.15, 0.2) is 0 Å². The van der Waals surface area contributed by atoms with Gasteiger partial charge in [0.05, 0.1) is 18.4 Å². The van der Waals surface area contributed by atoms with Gasteiger partial charge < -0.3 is 67.7 Å². The van der Waals surface area contributed by atoms with Gasteiger partial charge in [0.1, 0.15) is 44.0 Å². The molecule has 0 spiro atoms. The minimum absolute atomic E-state index is 0.0111. The smallest absolute Gasteiger partial charge is 0.338 e. The summed E-state index contributed by atoms with van der Waals surface area (Å²) >= 11 is 0. The van der Waals surface area contributed by atoms with Gasteiger partial charge in [-0.15, -0.1) is 0 Å². The Labute approximate surface area is 719 Å². The number of carboxylic acid groups (broad SMARTS) is 7. The second-order valence-corrected chi connectivity index (χ2v) is 30.2. The highest BCUT2D eigenvalue weighted by molar-refractivity contribution is 6.07. The highest BCUT2D eigenvalue weighted by atomic mass is 16.4. The molecule has 0 atom stereocenters. The summed E-state index contributed by atoms with van der Waals surface area (Å²) < 4.78 is 13.9. The molecule has 28 nitrogen and oxygen atoms in total. The topological polar surface area (TPSA) is 415 Å². The Morgan fingerprint density at radius 3 is 1.02 bits per heavy atom. The number of carbonyl (C=O) groups is 14. The molecular weight excluding hydrogens is 1600 g/mol. The summed E-state index contributed by atoms with van der Waals surface area (Å²) in [5.41, 5.74) is 23.1. The van der Waals surface area contributed by atoms with Crippen molar-refractivity contribution in [2.24, 2.45) is 49.3 Å². The number of aromatic carboxylic acids is 1. The molecule has 14 aromatic rings. The van der Waals surface area contributed by atoms with E-state index in [0.29, 0.717) is 75.6 Å². The Hall–Kier alpha value is -15.0. The number of carbonyl (C=O) groups excluding carboxylic acids is 7. The molecule has 14 rings (SSSR count). The van der Waals surface area contributed by atoms with Crippen molar-refractivity contribution in [2.45, 2.75) is 119 Å². The lowest BCUT2D eigenvalue weighted by atomic mass is 10.0. The molecule has 0 amide bonds. The predicted molar refractivity (Wildman–Crippen MR) is 479 cm³/mol. The number of hydrogen-bond donors (Lipinski definition) is 7. The molecule has 0 radical (unpaired) electrons. The average Bonchev–Trinajstić information content (AvgIpc) is 1.70. The van der Waals surface area contributed by atoms with Crippen LogP contribution in [0.25, 0.3) is 82.4 Å². The number of rotatable bonds is 27. The van der Waals surface area contributed by atoms with Gasteiger partial charge in [-0.25, -0.2) is 9.59 Å². The first-order chi connectivity index (χ1) is 59.4. The van der Waals surface area contributed by atoms with Crippen LogP contribution in [0.5, 0.6) is 0 Å². The Morgan fingerprint density at radius 2 is 0.640 bits per heavy atom. The quantitative estimate of drug-likeness (QED) is 0.0143. The number of aldehydes is 7. The normalized spacial score (nSPS) is 10.8. The largest absolute Gasteiger partial charge is 0.481 e. The first-order valence-electron chi connectivity index (χ1n) is 39.9. The van der Waals surface area contributed by atoms with Crippen LogP contribution in [0.3, 0.4) is 0 Å². The molecular formula is C97H101N7O21. The Bertz CT molecular complexity index is 6580. The van der Waals surface area contributed by atoms with Crippen molar-refractivity contribution in [1.82, 2.24) is 32.0 Å². The van der Waals surface area contributed by atoms with E-state index in [4.69, 9.17) is 35.7 Å². The fourth-order valence-corrected chi connectivity index (χ4v) is 15.7. The molecule has 28 heteroatoms. The van der Waals surface area contributed by atoms with E-state index < -0.39 is 41.8 Å². The van der Waals surface area contributed by atoms with E-state index in [1.54, 1.807) is 85.9 Å². The highest BCUT2D eigenvalue weighted by Crippen LogP contribution is 2.34. The Morgan fingerprint density at radius 1 is 0.320 bits per heavy atom. The third-order valence-corrected chi connectivity index (χ3v) is 22.6. The fraction of sp³-hybridized carbons (Fsp3) is 0.258. The molecule has 0 bridgehead atoms. The summed E-state index contributed by atoms with van der Waals surface area (Å²) in [4.78, 5) is 151. The van der Waals surface area contributed by atoms with E-state index >= 15 is 0 Å². The van der Waals surface area contributed by atoms with Crippen LogP contribution in [-0.2, 0) is 117 Å². The molecule has 0 unspecified atom stereocenters. The lowest BCUT2D eigenvalue weighted by molar-refractivity contribution is -0.138. The van der Waals surface area contributed by atoms with E-state index in [-0.39, 0.29) is 37.7 Å². The molecule has 0 aliphatic rings. The van der Waals surface area contributed by atoms with Crippen LogP contribution >= 0.6 is 0 Å². The van der Waals surface area contributed by atoms with Gasteiger partial charge in [0, 0.05) is 236 Å². The zero-order chi connectivity index (χ0) is 92.1. The number of fused-ring (bicyclic) bond motifs is 7. The molecule has 7 N–H and O–H groups in total. The van der Waals surface area contributed by atoms with Gasteiger partial charge in [-0.05, 0) is 241 Å². The lowest BCUT2D eigenvalue weighted by Crippen LogP contribution is -2.04. The lowest BCUT2D eigenvalue weighted by Gasteiger charge is -2.02. The molecule has 0 fully saturated rings. The average molecular weight is 1700 g/mol. The van der Waals surface area contributed by atoms with Crippen molar-refractivity contribution in [2.75, 3.05) is 0 Å². The maximum absolute atomic E-state index is 11.1. The third kappa shape index (κ3) is 22.6. The number of nitrogens with zero attached hydrogens (tertiary/aromatic N) is 7. The maximum atomic E-state index is 11.1. The Balaban J connectivity index is 0.000000181. The zero-order valence-electron chi connectivity index (χ0n) is 71.9. The van der Waals surface area contributed by atoms with Gasteiger partial charge in [0.2, 0.25) is 0 Å². The number of unbranched alkanes of at least 4 members (excludes halogenated alkanes) is 1. The van der Waals surface area contributed by atoms with E-state index in [2.05, 4.69) is 16.1 Å². The SMILES string of the molecule is CCc1c(CC(=O)O)c2cc(C=O)ccc2n1C.Cc1c(/C=C/C(=O)O)c2cc(C=O)ccc2n1C.Cc1c(C(=O)O)c2cc(C=O)ccc2n1C.Cc1c(CCC(=O)O)c2cc(C=O)ccc2n1C.Cc1c(CCCC(=O)O)c2cc(C=O)ccc2n1C.Cc1c(CCCCC(=O)O)c2cc(C=O)ccc2n1C.Cn1cc(CC(=O)O)c2cc(C=O)ccc21. The first kappa shape index (κ1) is 95.5. The predicted octanol–water partition coefficient (Wildman–Crippen LogP) is 16.3. The van der Waals surface area contributed by atoms with Crippen LogP contribution < -0.4 is 0 Å². The van der Waals surface area contributed by atoms with Crippen LogP contribution in [0.1, 0.15) is 196 Å². The number of hydrogen-bond acceptors (Lipinski definition) is 14. The van der Waals surface area contributed by atoms with Crippen molar-refractivity contribution in [3.05, 3.63) is 252 Å². The molecule has 0 saturated carbocycles. The second-order valence-electron chi connectivity index (χ2n) is 30.2. The number of aryl methyl sites for hydroxylation is 10. The van der Waals surface area contributed by atoms with Crippen LogP contribution in [-0.4, -0.2) is 154 Å². The fourth-order valence-electron chi connectivity index (χ4n) is 15.7. The number of aliphatic carboxylic acids is 6. The van der Waals surface area contributed by atoms with Crippen LogP contribution in [0.2, 0.25) is 0 Å². The van der Waals surface area contributed by atoms with Crippen molar-refractivity contribution in [3.8, 4) is 0 Å². The van der Waals surface area contributed by atoms with Gasteiger partial charge in [-0.1, -0.05) is 6.92 Å². The van der Waals surface area contributed by atoms with Gasteiger partial charge in [0.25, 0.3) is 0 Å². The number of carboxylic acids is 7. The minimum atomic E-state index is -0.988. The number of benzene rings is 7. The summed E-state index contributed by atoms with van der Waals surface area (Å²) in [5.74, 6) is -6.01. The van der Waals surface area contributed by atoms with Crippen LogP contribution in [0, 0.1) is 34.6 Å². The maximum Gasteiger partial charge on any atom is 0.338 e. The van der Waals surface area contributed by atoms with E-state index in [9.17, 15) is 67.1 Å². The van der Waals surface area contributed by atoms with Gasteiger partial charge in [-0.2, -0.15) is 0 Å². The molecule has 7 aromatic carbocycles. The van der Waals surface area contributed by atoms with Crippen LogP contribution in [0.15, 0.2) is 140 Å². The van der Waals surface area contributed by atoms with Crippen molar-refractivity contribution in [3.63, 3.8) is 0 Å². The zero-order valence-corrected chi connectivity index (χ0v) is 71.9. The third-order valence-electron chi connectivity index (χ3n) is 22.6. The van der Waals surface area contributed by atoms with Crippen molar-refractivity contribution >= 4 is 168 Å². The molecule has 0 saturated heterocycles. The molecule has 0 aliphatic carbocycles. The highest BCUT2D eigenvalue weighted by Gasteiger charge is 2.22. The van der Waals surface area contributed by atoms with Crippen molar-refractivity contribution in [1.29, 1.82) is 0 Å². The molecule has 7 aromatic heterocycles. The molecule has 0 aliphatic heterocycles. The summed E-state index contributed by atoms with van der Waals surface area (Å²) in [6.07, 6.45) is 15.4. The summed E-state index contributed by atoms with van der Waals surface area (Å²) in [6.45, 7) is 11.7. The Kier molecular flexibility index (Phi) is 32.9. The summed E-state index contributed by atoms with van der Waals surface area (Å²) in [5, 5.41) is 68.1. The van der Waals surface area contributed by atoms with E-state index in [1.165, 1.54) is 11.3 Å². The molecule has 125 heavy (non-hydrogen) atoms. The standard InChI is InChI=1S/C16H19NO3.C15H17NO3.C14H15NO3.C14H13NO3.C14H15NO3.2C12H11NO3/c1-11-13(5-3-4-6-16(19)20)14-9-12(10-18)7-8-15(14)17(11)2;1-10-12(4-3-5-15(18)19)13-8-11(9-17)6-7-14(13)16(10)2;2*1-9-11(4-6-14(17)18)12-7-10(8-16)3-5-13(12)15(9)2;1-3-12-11(7-14(17)18)10-6-9(8-16)4-5-13(10)15(12)2;1-7-11(12(15)16)9-5-8(6-14)3-4-10(9)13(7)2;1-13-6-9(5-12(15)16)10-4-8(7-14)2-3-11(10)13/h7-10H,3-6H2,1-2H3,(H,19,20);6-9H,3-5H2,1-2H3,(H,18,19);3,5,7-8H,4,6H2,1-2H3,(H,17,18);3-8H,1-2H3,(H,17,18);4-6,8H,3,7H2,1-2H3,(H,17,18);3-6H,1-2H3,(H,15,16);2-4,6-7H,5H2,1H3,(H,15,16)/b;;;6-4+;;;. The summed E-state index contributed by atoms with van der Waals surface area (Å²) in [7, 11) is 13.4. The molecule has 650 valence electrons. The number of aromatic nitrogens is 7. The van der Waals surface area contributed by atoms with E-state index in [0.717, 1.165) is 191 Å².